The van der Waals surface area contributed by atoms with Crippen molar-refractivity contribution in [3.05, 3.63) is 119 Å². The minimum absolute atomic E-state index is 0.283. The van der Waals surface area contributed by atoms with E-state index in [-0.39, 0.29) is 6.79 Å². The minimum atomic E-state index is 0.283. The molecule has 4 aromatic carbocycles. The average molecular weight is 585 g/mol. The summed E-state index contributed by atoms with van der Waals surface area (Å²) in [7, 11) is 2.18. The molecule has 2 aliphatic rings. The zero-order chi connectivity index (χ0) is 29.9. The molecule has 0 saturated carbocycles. The van der Waals surface area contributed by atoms with Crippen LogP contribution in [0.1, 0.15) is 42.1 Å². The monoisotopic (exact) mass is 584 g/mol. The van der Waals surface area contributed by atoms with E-state index in [4.69, 9.17) is 14.5 Å². The fraction of sp³-hybridized carbons (Fsp3) is 0.289. The Labute approximate surface area is 260 Å². The number of hydrogen-bond acceptors (Lipinski definition) is 5. The van der Waals surface area contributed by atoms with E-state index in [1.54, 1.807) is 0 Å². The molecule has 0 saturated heterocycles. The van der Waals surface area contributed by atoms with E-state index >= 15 is 0 Å². The lowest BCUT2D eigenvalue weighted by atomic mass is 10.1. The third-order valence-electron chi connectivity index (χ3n) is 8.78. The van der Waals surface area contributed by atoms with Gasteiger partial charge in [0.15, 0.2) is 11.5 Å². The van der Waals surface area contributed by atoms with Crippen LogP contribution in [0.15, 0.2) is 97.1 Å². The van der Waals surface area contributed by atoms with Gasteiger partial charge in [-0.2, -0.15) is 0 Å². The first-order valence-corrected chi connectivity index (χ1v) is 15.8. The van der Waals surface area contributed by atoms with Gasteiger partial charge >= 0.3 is 0 Å². The first-order valence-electron chi connectivity index (χ1n) is 15.8. The Morgan fingerprint density at radius 3 is 2.25 bits per heavy atom. The Morgan fingerprint density at radius 2 is 1.48 bits per heavy atom. The number of anilines is 1. The smallest absolute Gasteiger partial charge is 0.231 e. The second-order valence-electron chi connectivity index (χ2n) is 11.9. The lowest BCUT2D eigenvalue weighted by Crippen LogP contribution is -2.24. The fourth-order valence-corrected chi connectivity index (χ4v) is 6.49. The average Bonchev–Trinajstić information content (AvgIpc) is 3.78. The number of imidazole rings is 1. The number of ether oxygens (including phenoxy) is 2. The molecule has 0 unspecified atom stereocenters. The first kappa shape index (κ1) is 28.2. The molecule has 0 atom stereocenters. The predicted molar refractivity (Wildman–Crippen MR) is 177 cm³/mol. The summed E-state index contributed by atoms with van der Waals surface area (Å²) in [5.41, 5.74) is 9.96. The number of benzene rings is 4. The van der Waals surface area contributed by atoms with Crippen LogP contribution >= 0.6 is 0 Å². The summed E-state index contributed by atoms with van der Waals surface area (Å²) < 4.78 is 13.8. The van der Waals surface area contributed by atoms with Crippen molar-refractivity contribution in [1.29, 1.82) is 0 Å². The van der Waals surface area contributed by atoms with Crippen molar-refractivity contribution in [2.24, 2.45) is 0 Å². The Morgan fingerprint density at radius 1 is 0.773 bits per heavy atom. The van der Waals surface area contributed by atoms with Gasteiger partial charge < -0.3 is 18.9 Å². The van der Waals surface area contributed by atoms with Crippen molar-refractivity contribution in [2.45, 2.75) is 52.4 Å². The predicted octanol–water partition coefficient (Wildman–Crippen LogP) is 7.94. The molecule has 224 valence electrons. The van der Waals surface area contributed by atoms with Gasteiger partial charge in [0.2, 0.25) is 6.79 Å². The van der Waals surface area contributed by atoms with Gasteiger partial charge in [0.05, 0.1) is 11.4 Å². The third kappa shape index (κ3) is 5.82. The molecule has 44 heavy (non-hydrogen) atoms. The zero-order valence-electron chi connectivity index (χ0n) is 25.7. The van der Waals surface area contributed by atoms with Crippen molar-refractivity contribution < 1.29 is 9.47 Å². The number of hydrogen-bond donors (Lipinski definition) is 0. The van der Waals surface area contributed by atoms with Crippen molar-refractivity contribution in [3.8, 4) is 34.1 Å². The van der Waals surface area contributed by atoms with Gasteiger partial charge in [-0.05, 0) is 47.7 Å². The van der Waals surface area contributed by atoms with Crippen molar-refractivity contribution in [1.82, 2.24) is 14.5 Å². The second-order valence-corrected chi connectivity index (χ2v) is 11.9. The molecule has 0 N–H and O–H groups in total. The van der Waals surface area contributed by atoms with Gasteiger partial charge in [0.1, 0.15) is 5.82 Å². The lowest BCUT2D eigenvalue weighted by Gasteiger charge is -2.25. The van der Waals surface area contributed by atoms with Gasteiger partial charge in [-0.15, -0.1) is 0 Å². The third-order valence-corrected chi connectivity index (χ3v) is 8.78. The molecule has 5 aromatic rings. The molecular weight excluding hydrogens is 544 g/mol. The Kier molecular flexibility index (Phi) is 8.08. The molecule has 0 aliphatic carbocycles. The summed E-state index contributed by atoms with van der Waals surface area (Å²) in [6, 6.07) is 34.6. The van der Waals surface area contributed by atoms with E-state index in [1.807, 2.05) is 6.07 Å². The summed E-state index contributed by atoms with van der Waals surface area (Å²) >= 11 is 0. The molecule has 0 bridgehead atoms. The molecule has 3 heterocycles. The highest BCUT2D eigenvalue weighted by Gasteiger charge is 2.24. The summed E-state index contributed by atoms with van der Waals surface area (Å²) in [6.07, 6.45) is 3.32. The van der Waals surface area contributed by atoms with Gasteiger partial charge in [-0.3, -0.25) is 4.90 Å². The Bertz CT molecular complexity index is 1730. The van der Waals surface area contributed by atoms with Crippen LogP contribution < -0.4 is 14.4 Å². The maximum atomic E-state index is 5.75. The highest BCUT2D eigenvalue weighted by Crippen LogP contribution is 2.35. The highest BCUT2D eigenvalue weighted by molar-refractivity contribution is 5.68. The van der Waals surface area contributed by atoms with E-state index in [1.165, 1.54) is 28.1 Å². The second kappa shape index (κ2) is 12.6. The van der Waals surface area contributed by atoms with Crippen LogP contribution in [0.4, 0.5) is 5.69 Å². The fourth-order valence-electron chi connectivity index (χ4n) is 6.49. The molecule has 6 nitrogen and oxygen atoms in total. The molecule has 1 aromatic heterocycles. The summed E-state index contributed by atoms with van der Waals surface area (Å²) in [6.45, 7) is 6.93. The van der Waals surface area contributed by atoms with Crippen LogP contribution in [-0.4, -0.2) is 34.8 Å². The van der Waals surface area contributed by atoms with Crippen molar-refractivity contribution in [2.75, 3.05) is 25.3 Å². The molecule has 2 aliphatic heterocycles. The van der Waals surface area contributed by atoms with E-state index in [9.17, 15) is 0 Å². The van der Waals surface area contributed by atoms with E-state index < -0.39 is 0 Å². The Hall–Kier alpha value is -4.55. The van der Waals surface area contributed by atoms with Crippen molar-refractivity contribution in [3.63, 3.8) is 0 Å². The van der Waals surface area contributed by atoms with E-state index in [0.29, 0.717) is 0 Å². The number of aromatic nitrogens is 2. The largest absolute Gasteiger partial charge is 0.454 e. The summed E-state index contributed by atoms with van der Waals surface area (Å²) in [4.78, 5) is 10.3. The van der Waals surface area contributed by atoms with Crippen LogP contribution in [0.5, 0.6) is 11.5 Å². The molecule has 7 rings (SSSR count). The number of rotatable bonds is 11. The van der Waals surface area contributed by atoms with Crippen LogP contribution in [0.3, 0.4) is 0 Å². The molecule has 0 spiro atoms. The van der Waals surface area contributed by atoms with Crippen LogP contribution in [0.25, 0.3) is 22.6 Å². The zero-order valence-corrected chi connectivity index (χ0v) is 25.7. The number of unbranched alkanes of at least 4 members (excludes halogenated alkanes) is 1. The van der Waals surface area contributed by atoms with Gasteiger partial charge in [0.25, 0.3) is 0 Å². The standard InChI is InChI=1S/C38H40N4O2/c1-3-4-20-42-34(37(30-11-7-5-8-12-30)39-38(42)31-13-9-6-10-14-31)26-41(25-29-16-18-35-36(23-29)44-27-43-35)24-28-15-17-33-32(22-28)19-21-40(33)2/h5-18,22-23H,3-4,19-21,24-27H2,1-2H3. The van der Waals surface area contributed by atoms with E-state index in [2.05, 4.69) is 119 Å². The number of fused-ring (bicyclic) bond motifs is 2. The lowest BCUT2D eigenvalue weighted by molar-refractivity contribution is 0.174. The Balaban J connectivity index is 1.31. The quantitative estimate of drug-likeness (QED) is 0.158. The van der Waals surface area contributed by atoms with Crippen LogP contribution in [0.2, 0.25) is 0 Å². The summed E-state index contributed by atoms with van der Waals surface area (Å²) in [5.74, 6) is 2.68. The van der Waals surface area contributed by atoms with Crippen LogP contribution in [0, 0.1) is 0 Å². The minimum Gasteiger partial charge on any atom is -0.454 e. The number of likely N-dealkylation sites (N-methyl/N-ethyl adjacent to an activating group) is 1. The topological polar surface area (TPSA) is 42.8 Å². The first-order chi connectivity index (χ1) is 21.7. The maximum Gasteiger partial charge on any atom is 0.231 e. The summed E-state index contributed by atoms with van der Waals surface area (Å²) in [5, 5.41) is 0. The molecule has 6 heteroatoms. The molecule has 0 radical (unpaired) electrons. The van der Waals surface area contributed by atoms with Crippen molar-refractivity contribution >= 4 is 5.69 Å². The normalized spacial score (nSPS) is 13.6. The SMILES string of the molecule is CCCCn1c(-c2ccccc2)nc(-c2ccccc2)c1CN(Cc1ccc2c(c1)CCN2C)Cc1ccc2c(c1)OCO2. The highest BCUT2D eigenvalue weighted by atomic mass is 16.7. The van der Waals surface area contributed by atoms with Gasteiger partial charge in [-0.25, -0.2) is 4.98 Å². The van der Waals surface area contributed by atoms with E-state index in [0.717, 1.165) is 86.1 Å². The number of nitrogens with zero attached hydrogens (tertiary/aromatic N) is 4. The van der Waals surface area contributed by atoms with Crippen LogP contribution in [-0.2, 0) is 32.6 Å². The van der Waals surface area contributed by atoms with Gasteiger partial charge in [-0.1, -0.05) is 92.2 Å². The molecule has 0 amide bonds. The van der Waals surface area contributed by atoms with Gasteiger partial charge in [0, 0.05) is 56.6 Å². The maximum absolute atomic E-state index is 5.75. The molecule has 0 fully saturated rings. The molecular formula is C38H40N4O2.